The van der Waals surface area contributed by atoms with Gasteiger partial charge in [0.15, 0.2) is 0 Å². The predicted octanol–water partition coefficient (Wildman–Crippen LogP) is 1.54. The van der Waals surface area contributed by atoms with Crippen LogP contribution in [0.4, 0.5) is 0 Å². The summed E-state index contributed by atoms with van der Waals surface area (Å²) in [4.78, 5) is 58.6. The number of likely N-dealkylation sites (N-methyl/N-ethyl adjacent to an activating group) is 1. The molecule has 10 nitrogen and oxygen atoms in total. The Balaban J connectivity index is 1.76. The van der Waals surface area contributed by atoms with Crippen LogP contribution in [0.15, 0.2) is 84.9 Å². The van der Waals surface area contributed by atoms with E-state index in [1.54, 1.807) is 12.1 Å². The predicted molar refractivity (Wildman–Crippen MR) is 162 cm³/mol. The Kier molecular flexibility index (Phi) is 10.6. The second-order valence-electron chi connectivity index (χ2n) is 10.9. The average molecular weight is 586 g/mol. The fraction of sp³-hybridized carbons (Fsp3) is 0.333. The highest BCUT2D eigenvalue weighted by Gasteiger charge is 2.45. The van der Waals surface area contributed by atoms with Crippen molar-refractivity contribution in [1.82, 2.24) is 15.1 Å². The summed E-state index contributed by atoms with van der Waals surface area (Å²) in [6, 6.07) is 20.3. The molecule has 1 saturated heterocycles. The number of amides is 4. The van der Waals surface area contributed by atoms with Crippen molar-refractivity contribution in [3.05, 3.63) is 102 Å². The van der Waals surface area contributed by atoms with Gasteiger partial charge in [-0.05, 0) is 54.6 Å². The van der Waals surface area contributed by atoms with Gasteiger partial charge in [-0.25, -0.2) is 0 Å². The molecule has 0 bridgehead atoms. The molecule has 4 amide bonds. The molecule has 4 rings (SSSR count). The maximum absolute atomic E-state index is 14.3. The van der Waals surface area contributed by atoms with Crippen molar-refractivity contribution in [3.8, 4) is 5.75 Å². The number of hydrogen-bond donors (Lipinski definition) is 4. The van der Waals surface area contributed by atoms with Gasteiger partial charge in [0.25, 0.3) is 5.91 Å². The summed E-state index contributed by atoms with van der Waals surface area (Å²) in [5.74, 6) is -2.39. The van der Waals surface area contributed by atoms with Crippen LogP contribution in [0, 0.1) is 0 Å². The fourth-order valence-corrected chi connectivity index (χ4v) is 5.36. The first-order valence-electron chi connectivity index (χ1n) is 14.4. The van der Waals surface area contributed by atoms with Crippen molar-refractivity contribution < 1.29 is 24.3 Å². The van der Waals surface area contributed by atoms with Gasteiger partial charge in [-0.3, -0.25) is 24.1 Å². The molecule has 3 aromatic rings. The molecule has 1 fully saturated rings. The van der Waals surface area contributed by atoms with Crippen LogP contribution in [0.2, 0.25) is 0 Å². The molecule has 0 radical (unpaired) electrons. The van der Waals surface area contributed by atoms with Gasteiger partial charge in [0.2, 0.25) is 17.7 Å². The van der Waals surface area contributed by atoms with Gasteiger partial charge in [-0.1, -0.05) is 72.8 Å². The summed E-state index contributed by atoms with van der Waals surface area (Å²) in [6.07, 6.45) is 0.889. The lowest BCUT2D eigenvalue weighted by atomic mass is 9.99. The number of phenols is 1. The molecule has 43 heavy (non-hydrogen) atoms. The smallest absolute Gasteiger partial charge is 0.252 e. The largest absolute Gasteiger partial charge is 0.508 e. The summed E-state index contributed by atoms with van der Waals surface area (Å²) in [5.41, 5.74) is 14.5. The van der Waals surface area contributed by atoms with Gasteiger partial charge in [-0.2, -0.15) is 0 Å². The molecule has 0 saturated carbocycles. The average Bonchev–Trinajstić information content (AvgIpc) is 3.04. The van der Waals surface area contributed by atoms with Gasteiger partial charge in [0, 0.05) is 19.9 Å². The number of nitrogens with two attached hydrogens (primary N) is 2. The van der Waals surface area contributed by atoms with Crippen LogP contribution in [-0.4, -0.2) is 76.3 Å². The third-order valence-corrected chi connectivity index (χ3v) is 7.75. The first kappa shape index (κ1) is 31.4. The first-order chi connectivity index (χ1) is 20.7. The quantitative estimate of drug-likeness (QED) is 0.281. The van der Waals surface area contributed by atoms with Crippen molar-refractivity contribution in [2.75, 3.05) is 13.6 Å². The first-order valence-corrected chi connectivity index (χ1v) is 14.4. The summed E-state index contributed by atoms with van der Waals surface area (Å²) >= 11 is 0. The highest BCUT2D eigenvalue weighted by Crippen LogP contribution is 2.22. The monoisotopic (exact) mass is 585 g/mol. The van der Waals surface area contributed by atoms with E-state index in [9.17, 15) is 24.3 Å². The highest BCUT2D eigenvalue weighted by molar-refractivity contribution is 6.06. The molecule has 4 atom stereocenters. The molecular weight excluding hydrogens is 546 g/mol. The summed E-state index contributed by atoms with van der Waals surface area (Å²) < 4.78 is 0. The van der Waals surface area contributed by atoms with E-state index < -0.39 is 47.8 Å². The molecule has 226 valence electrons. The molecule has 1 heterocycles. The molecule has 0 aromatic heterocycles. The number of phenolic OH excluding ortho intramolecular Hbond substituents is 1. The SMILES string of the molecule is CN1C(=O)[C@@H](CCCN)N(C(=O)[C@@H](N)Cc2ccc(O)cc2)C(=O)[C@H](Cc2ccccc2)NC(=O)[C@@H]1Cc1ccccc1. The molecule has 0 unspecified atom stereocenters. The second kappa shape index (κ2) is 14.6. The number of carbonyl (C=O) groups excluding carboxylic acids is 4. The fourth-order valence-electron chi connectivity index (χ4n) is 5.36. The van der Waals surface area contributed by atoms with E-state index in [1.807, 2.05) is 60.7 Å². The number of hydrogen-bond acceptors (Lipinski definition) is 7. The van der Waals surface area contributed by atoms with Crippen LogP contribution in [0.25, 0.3) is 0 Å². The standard InChI is InChI=1S/C33H39N5O5/c1-37-29(21-23-11-6-3-7-12-23)30(40)36-27(20-22-9-4-2-5-10-22)32(42)38(28(33(37)43)13-8-18-34)31(41)26(35)19-24-14-16-25(39)17-15-24/h2-7,9-12,14-17,26-29,39H,8,13,18-21,34-35H2,1H3,(H,36,40)/t26-,27-,28+,29-/m0/s1. The maximum atomic E-state index is 14.3. The third kappa shape index (κ3) is 7.85. The van der Waals surface area contributed by atoms with E-state index in [0.29, 0.717) is 12.0 Å². The molecule has 6 N–H and O–H groups in total. The summed E-state index contributed by atoms with van der Waals surface area (Å²) in [5, 5.41) is 12.5. The van der Waals surface area contributed by atoms with Gasteiger partial charge in [0.05, 0.1) is 6.04 Å². The number of rotatable bonds is 10. The van der Waals surface area contributed by atoms with Crippen molar-refractivity contribution >= 4 is 23.6 Å². The molecule has 3 aromatic carbocycles. The van der Waals surface area contributed by atoms with E-state index in [2.05, 4.69) is 5.32 Å². The number of aromatic hydroxyl groups is 1. The molecule has 0 spiro atoms. The zero-order valence-electron chi connectivity index (χ0n) is 24.3. The lowest BCUT2D eigenvalue weighted by Crippen LogP contribution is -2.60. The van der Waals surface area contributed by atoms with Crippen LogP contribution >= 0.6 is 0 Å². The van der Waals surface area contributed by atoms with E-state index in [-0.39, 0.29) is 38.0 Å². The Morgan fingerprint density at radius 1 is 0.837 bits per heavy atom. The topological polar surface area (TPSA) is 159 Å². The maximum Gasteiger partial charge on any atom is 0.252 e. The van der Waals surface area contributed by atoms with E-state index in [4.69, 9.17) is 11.5 Å². The lowest BCUT2D eigenvalue weighted by Gasteiger charge is -2.35. The molecule has 1 aliphatic heterocycles. The normalized spacial score (nSPS) is 20.2. The van der Waals surface area contributed by atoms with Crippen molar-refractivity contribution in [2.24, 2.45) is 11.5 Å². The zero-order chi connectivity index (χ0) is 30.9. The third-order valence-electron chi connectivity index (χ3n) is 7.75. The van der Waals surface area contributed by atoms with Crippen LogP contribution in [0.5, 0.6) is 5.75 Å². The molecule has 1 aliphatic rings. The van der Waals surface area contributed by atoms with Crippen LogP contribution in [0.1, 0.15) is 29.5 Å². The molecular formula is C33H39N5O5. The Hall–Kier alpha value is -4.54. The van der Waals surface area contributed by atoms with E-state index in [1.165, 1.54) is 24.1 Å². The zero-order valence-corrected chi connectivity index (χ0v) is 24.3. The van der Waals surface area contributed by atoms with Crippen LogP contribution in [0.3, 0.4) is 0 Å². The number of carbonyl (C=O) groups is 4. The van der Waals surface area contributed by atoms with Gasteiger partial charge in [-0.15, -0.1) is 0 Å². The van der Waals surface area contributed by atoms with E-state index >= 15 is 0 Å². The Bertz CT molecular complexity index is 1400. The minimum atomic E-state index is -1.20. The number of benzene rings is 3. The number of nitrogens with zero attached hydrogens (tertiary/aromatic N) is 2. The van der Waals surface area contributed by atoms with Crippen molar-refractivity contribution in [1.29, 1.82) is 0 Å². The van der Waals surface area contributed by atoms with Gasteiger partial charge < -0.3 is 26.8 Å². The summed E-state index contributed by atoms with van der Waals surface area (Å²) in [7, 11) is 1.52. The molecule has 10 heteroatoms. The second-order valence-corrected chi connectivity index (χ2v) is 10.9. The van der Waals surface area contributed by atoms with Crippen LogP contribution < -0.4 is 16.8 Å². The number of nitrogens with one attached hydrogen (secondary N) is 1. The highest BCUT2D eigenvalue weighted by atomic mass is 16.3. The molecule has 0 aliphatic carbocycles. The lowest BCUT2D eigenvalue weighted by molar-refractivity contribution is -0.156. The van der Waals surface area contributed by atoms with Crippen molar-refractivity contribution in [3.63, 3.8) is 0 Å². The Morgan fingerprint density at radius 2 is 1.42 bits per heavy atom. The Morgan fingerprint density at radius 3 is 2.00 bits per heavy atom. The van der Waals surface area contributed by atoms with Gasteiger partial charge >= 0.3 is 0 Å². The summed E-state index contributed by atoms with van der Waals surface area (Å²) in [6.45, 7) is 0.237. The van der Waals surface area contributed by atoms with E-state index in [0.717, 1.165) is 16.0 Å². The Labute approximate surface area is 251 Å². The van der Waals surface area contributed by atoms with Crippen molar-refractivity contribution in [2.45, 2.75) is 56.3 Å². The minimum Gasteiger partial charge on any atom is -0.508 e. The van der Waals surface area contributed by atoms with Crippen LogP contribution in [-0.2, 0) is 38.4 Å². The minimum absolute atomic E-state index is 0.0684. The number of imide groups is 1. The van der Waals surface area contributed by atoms with Gasteiger partial charge in [0.1, 0.15) is 23.9 Å².